The number of esters is 1. The van der Waals surface area contributed by atoms with Gasteiger partial charge in [-0.25, -0.2) is 0 Å². The van der Waals surface area contributed by atoms with Gasteiger partial charge in [-0.1, -0.05) is 59.6 Å². The number of hydrogen-bond acceptors (Lipinski definition) is 6. The maximum Gasteiger partial charge on any atom is 0.326 e. The summed E-state index contributed by atoms with van der Waals surface area (Å²) >= 11 is 6.27. The first-order chi connectivity index (χ1) is 21.7. The van der Waals surface area contributed by atoms with Gasteiger partial charge in [-0.05, 0) is 67.4 Å². The van der Waals surface area contributed by atoms with Crippen molar-refractivity contribution in [3.63, 3.8) is 0 Å². The van der Waals surface area contributed by atoms with Gasteiger partial charge in [0.2, 0.25) is 5.91 Å². The Morgan fingerprint density at radius 1 is 0.933 bits per heavy atom. The van der Waals surface area contributed by atoms with Gasteiger partial charge in [0.05, 0.1) is 30.8 Å². The number of nitrogens with zero attached hydrogens (tertiary/aromatic N) is 2. The summed E-state index contributed by atoms with van der Waals surface area (Å²) in [6, 6.07) is 24.8. The highest BCUT2D eigenvalue weighted by Crippen LogP contribution is 2.37. The molecule has 10 heteroatoms. The molecule has 1 heterocycles. The smallest absolute Gasteiger partial charge is 0.326 e. The number of ether oxygens (including phenoxy) is 2. The SMILES string of the molecule is CCOC(=O)CN1C(=O)CCN(C(=O)c2ccc(NC(=O)c3ccccc3-c3ccc(C)cc3)c(OC)c2)c2ccc(Cl)cc21. The van der Waals surface area contributed by atoms with E-state index in [4.69, 9.17) is 21.1 Å². The molecule has 0 saturated heterocycles. The van der Waals surface area contributed by atoms with Crippen LogP contribution in [-0.2, 0) is 14.3 Å². The zero-order chi connectivity index (χ0) is 32.1. The average Bonchev–Trinajstić information content (AvgIpc) is 3.17. The molecule has 1 aliphatic heterocycles. The van der Waals surface area contributed by atoms with Crippen LogP contribution in [0.15, 0.2) is 84.9 Å². The Morgan fingerprint density at radius 3 is 2.42 bits per heavy atom. The third-order valence-corrected chi connectivity index (χ3v) is 7.67. The van der Waals surface area contributed by atoms with Gasteiger partial charge in [-0.2, -0.15) is 0 Å². The Kier molecular flexibility index (Phi) is 9.49. The van der Waals surface area contributed by atoms with Crippen LogP contribution in [0.25, 0.3) is 11.1 Å². The molecule has 4 aromatic rings. The molecule has 0 aliphatic carbocycles. The molecule has 0 atom stereocenters. The van der Waals surface area contributed by atoms with E-state index in [1.54, 1.807) is 55.5 Å². The van der Waals surface area contributed by atoms with Crippen LogP contribution in [0.1, 0.15) is 39.6 Å². The quantitative estimate of drug-likeness (QED) is 0.224. The first kappa shape index (κ1) is 31.3. The second-order valence-corrected chi connectivity index (χ2v) is 10.8. The highest BCUT2D eigenvalue weighted by atomic mass is 35.5. The van der Waals surface area contributed by atoms with Gasteiger partial charge in [0, 0.05) is 29.1 Å². The van der Waals surface area contributed by atoms with Crippen molar-refractivity contribution in [3.8, 4) is 16.9 Å². The predicted molar refractivity (Wildman–Crippen MR) is 174 cm³/mol. The van der Waals surface area contributed by atoms with Gasteiger partial charge in [0.1, 0.15) is 12.3 Å². The fraction of sp³-hybridized carbons (Fsp3) is 0.200. The largest absolute Gasteiger partial charge is 0.495 e. The number of methoxy groups -OCH3 is 1. The number of hydrogen-bond donors (Lipinski definition) is 1. The number of amides is 3. The van der Waals surface area contributed by atoms with Crippen molar-refractivity contribution in [1.82, 2.24) is 0 Å². The van der Waals surface area contributed by atoms with E-state index in [1.165, 1.54) is 16.9 Å². The van der Waals surface area contributed by atoms with Crippen LogP contribution in [0.4, 0.5) is 17.1 Å². The standard InChI is InChI=1S/C35H32ClN3O6/c1-4-45-33(41)21-39-30-20-25(36)14-16-29(30)38(18-17-32(39)40)35(43)24-13-15-28(31(19-24)44-3)37-34(42)27-8-6-5-7-26(27)23-11-9-22(2)10-12-23/h5-16,19-20H,4,17-18,21H2,1-3H3,(H,37,42). The lowest BCUT2D eigenvalue weighted by Gasteiger charge is -2.25. The van der Waals surface area contributed by atoms with Crippen molar-refractivity contribution >= 4 is 52.4 Å². The lowest BCUT2D eigenvalue weighted by atomic mass is 9.98. The molecule has 0 spiro atoms. The van der Waals surface area contributed by atoms with E-state index in [-0.39, 0.29) is 49.2 Å². The van der Waals surface area contributed by atoms with Crippen LogP contribution in [0.3, 0.4) is 0 Å². The van der Waals surface area contributed by atoms with E-state index in [2.05, 4.69) is 5.32 Å². The molecule has 230 valence electrons. The first-order valence-corrected chi connectivity index (χ1v) is 14.8. The van der Waals surface area contributed by atoms with Gasteiger partial charge in [0.15, 0.2) is 0 Å². The van der Waals surface area contributed by atoms with Crippen molar-refractivity contribution in [2.45, 2.75) is 20.3 Å². The number of anilines is 3. The number of benzene rings is 4. The lowest BCUT2D eigenvalue weighted by Crippen LogP contribution is -2.36. The van der Waals surface area contributed by atoms with E-state index >= 15 is 0 Å². The maximum absolute atomic E-state index is 13.9. The third kappa shape index (κ3) is 6.84. The average molecular weight is 626 g/mol. The molecule has 1 aliphatic rings. The molecule has 0 aromatic heterocycles. The molecule has 9 nitrogen and oxygen atoms in total. The molecule has 4 aromatic carbocycles. The predicted octanol–water partition coefficient (Wildman–Crippen LogP) is 6.52. The summed E-state index contributed by atoms with van der Waals surface area (Å²) in [7, 11) is 1.45. The van der Waals surface area contributed by atoms with E-state index in [0.29, 0.717) is 27.6 Å². The number of carbonyl (C=O) groups excluding carboxylic acids is 4. The third-order valence-electron chi connectivity index (χ3n) is 7.44. The Hall–Kier alpha value is -5.15. The van der Waals surface area contributed by atoms with Gasteiger partial charge in [0.25, 0.3) is 11.8 Å². The van der Waals surface area contributed by atoms with Crippen molar-refractivity contribution in [3.05, 3.63) is 107 Å². The van der Waals surface area contributed by atoms with E-state index < -0.39 is 11.9 Å². The second kappa shape index (κ2) is 13.7. The topological polar surface area (TPSA) is 105 Å². The fourth-order valence-electron chi connectivity index (χ4n) is 5.20. The minimum atomic E-state index is -0.569. The summed E-state index contributed by atoms with van der Waals surface area (Å²) < 4.78 is 10.6. The number of aryl methyl sites for hydroxylation is 1. The highest BCUT2D eigenvalue weighted by Gasteiger charge is 2.32. The van der Waals surface area contributed by atoms with Gasteiger partial charge >= 0.3 is 5.97 Å². The second-order valence-electron chi connectivity index (χ2n) is 10.4. The number of halogens is 1. The number of nitrogens with one attached hydrogen (secondary N) is 1. The van der Waals surface area contributed by atoms with Crippen molar-refractivity contribution in [2.24, 2.45) is 0 Å². The van der Waals surface area contributed by atoms with Crippen molar-refractivity contribution in [1.29, 1.82) is 0 Å². The first-order valence-electron chi connectivity index (χ1n) is 14.4. The Morgan fingerprint density at radius 2 is 1.69 bits per heavy atom. The normalized spacial score (nSPS) is 12.7. The van der Waals surface area contributed by atoms with Crippen LogP contribution in [0.5, 0.6) is 5.75 Å². The molecule has 0 unspecified atom stereocenters. The van der Waals surface area contributed by atoms with Crippen LogP contribution in [-0.4, -0.2) is 50.5 Å². The molecular weight excluding hydrogens is 594 g/mol. The Balaban J connectivity index is 1.42. The molecule has 0 bridgehead atoms. The molecule has 45 heavy (non-hydrogen) atoms. The molecule has 0 fully saturated rings. The minimum Gasteiger partial charge on any atom is -0.495 e. The minimum absolute atomic E-state index is 0.0247. The highest BCUT2D eigenvalue weighted by molar-refractivity contribution is 6.31. The van der Waals surface area contributed by atoms with Crippen molar-refractivity contribution in [2.75, 3.05) is 41.9 Å². The van der Waals surface area contributed by atoms with E-state index in [1.807, 2.05) is 43.3 Å². The van der Waals surface area contributed by atoms with Crippen molar-refractivity contribution < 1.29 is 28.7 Å². The Labute approximate surface area is 266 Å². The van der Waals surface area contributed by atoms with Gasteiger partial charge in [-0.3, -0.25) is 24.1 Å². The molecular formula is C35H32ClN3O6. The monoisotopic (exact) mass is 625 g/mol. The zero-order valence-electron chi connectivity index (χ0n) is 25.1. The van der Waals surface area contributed by atoms with Crippen LogP contribution >= 0.6 is 11.6 Å². The summed E-state index contributed by atoms with van der Waals surface area (Å²) in [5.41, 5.74) is 4.71. The zero-order valence-corrected chi connectivity index (χ0v) is 25.9. The molecule has 1 N–H and O–H groups in total. The summed E-state index contributed by atoms with van der Waals surface area (Å²) in [5, 5.41) is 3.26. The molecule has 0 radical (unpaired) electrons. The van der Waals surface area contributed by atoms with Crippen LogP contribution < -0.4 is 19.9 Å². The number of carbonyl (C=O) groups is 4. The summed E-state index contributed by atoms with van der Waals surface area (Å²) in [6.07, 6.45) is -0.0247. The van der Waals surface area contributed by atoms with E-state index in [0.717, 1.165) is 16.7 Å². The molecule has 5 rings (SSSR count). The lowest BCUT2D eigenvalue weighted by molar-refractivity contribution is -0.142. The van der Waals surface area contributed by atoms with Gasteiger partial charge in [-0.15, -0.1) is 0 Å². The summed E-state index contributed by atoms with van der Waals surface area (Å²) in [6.45, 7) is 3.62. The summed E-state index contributed by atoms with van der Waals surface area (Å²) in [5.74, 6) is -1.36. The number of fused-ring (bicyclic) bond motifs is 1. The molecule has 0 saturated carbocycles. The molecule has 3 amide bonds. The fourth-order valence-corrected chi connectivity index (χ4v) is 5.36. The summed E-state index contributed by atoms with van der Waals surface area (Å²) in [4.78, 5) is 55.6. The van der Waals surface area contributed by atoms with Crippen LogP contribution in [0, 0.1) is 6.92 Å². The van der Waals surface area contributed by atoms with Crippen LogP contribution in [0.2, 0.25) is 5.02 Å². The van der Waals surface area contributed by atoms with Gasteiger partial charge < -0.3 is 19.7 Å². The number of rotatable bonds is 8. The van der Waals surface area contributed by atoms with E-state index in [9.17, 15) is 19.2 Å². The maximum atomic E-state index is 13.9. The Bertz CT molecular complexity index is 1770.